The van der Waals surface area contributed by atoms with Crippen molar-refractivity contribution in [2.75, 3.05) is 26.4 Å². The van der Waals surface area contributed by atoms with E-state index in [1.807, 2.05) is 24.3 Å². The summed E-state index contributed by atoms with van der Waals surface area (Å²) < 4.78 is 54.8. The predicted octanol–water partition coefficient (Wildman–Crippen LogP) is 24.5. The molecule has 6 aromatic carbocycles. The summed E-state index contributed by atoms with van der Waals surface area (Å²) >= 11 is 0. The van der Waals surface area contributed by atoms with Gasteiger partial charge >= 0.3 is 47.8 Å². The molecule has 0 spiro atoms. The zero-order valence-corrected chi connectivity index (χ0v) is 70.4. The summed E-state index contributed by atoms with van der Waals surface area (Å²) in [5.74, 6) is 0.0267. The van der Waals surface area contributed by atoms with Crippen LogP contribution in [0.25, 0.3) is 0 Å². The summed E-state index contributed by atoms with van der Waals surface area (Å²) in [6.07, 6.45) is 41.6. The van der Waals surface area contributed by atoms with Crippen molar-refractivity contribution in [1.82, 2.24) is 0 Å². The van der Waals surface area contributed by atoms with Crippen LogP contribution >= 0.6 is 0 Å². The molecule has 0 aliphatic heterocycles. The molecule has 0 N–H and O–H groups in total. The molecule has 636 valence electrons. The maximum Gasteiger partial charge on any atom is 0.338 e. The zero-order chi connectivity index (χ0) is 83.0. The van der Waals surface area contributed by atoms with E-state index in [0.29, 0.717) is 123 Å². The molecule has 0 bridgehead atoms. The third kappa shape index (κ3) is 39.8. The third-order valence-electron chi connectivity index (χ3n) is 20.8. The number of hydrogen-bond donors (Lipinski definition) is 0. The van der Waals surface area contributed by atoms with Crippen molar-refractivity contribution >= 4 is 47.8 Å². The highest BCUT2D eigenvalue weighted by Gasteiger charge is 2.34. The van der Waals surface area contributed by atoms with Gasteiger partial charge in [-0.2, -0.15) is 0 Å². The molecule has 2 saturated carbocycles. The molecule has 116 heavy (non-hydrogen) atoms. The van der Waals surface area contributed by atoms with E-state index in [1.165, 1.54) is 127 Å². The van der Waals surface area contributed by atoms with Crippen LogP contribution < -0.4 is 37.9 Å². The van der Waals surface area contributed by atoms with Crippen LogP contribution in [-0.4, -0.2) is 74.2 Å². The normalized spacial score (nSPS) is 14.9. The number of benzene rings is 6. The minimum atomic E-state index is -0.669. The van der Waals surface area contributed by atoms with Crippen LogP contribution in [-0.2, 0) is 51.1 Å². The number of esters is 8. The fraction of sp³-hybridized carbons (Fsp3) is 0.531. The molecular weight excluding hydrogens is 1470 g/mol. The van der Waals surface area contributed by atoms with E-state index in [9.17, 15) is 38.4 Å². The van der Waals surface area contributed by atoms with E-state index >= 15 is 0 Å². The summed E-state index contributed by atoms with van der Waals surface area (Å²) in [4.78, 5) is 99.3. The molecule has 6 aromatic rings. The topological polar surface area (TPSA) is 229 Å². The van der Waals surface area contributed by atoms with Crippen LogP contribution in [0.4, 0.5) is 0 Å². The van der Waals surface area contributed by atoms with E-state index in [1.54, 1.807) is 97.1 Å². The van der Waals surface area contributed by atoms with E-state index < -0.39 is 11.9 Å². The molecule has 18 heteroatoms. The smallest absolute Gasteiger partial charge is 0.338 e. The highest BCUT2D eigenvalue weighted by Crippen LogP contribution is 2.34. The van der Waals surface area contributed by atoms with Gasteiger partial charge in [-0.25, -0.2) is 19.2 Å². The number of unbranched alkanes of at least 4 members (excludes halogenated alkanes) is 22. The highest BCUT2D eigenvalue weighted by molar-refractivity contribution is 5.93. The second-order valence-corrected chi connectivity index (χ2v) is 30.5. The minimum Gasteiger partial charge on any atom is -0.494 e. The van der Waals surface area contributed by atoms with Gasteiger partial charge in [0.05, 0.1) is 61.2 Å². The number of hydrogen-bond acceptors (Lipinski definition) is 18. The molecule has 2 aliphatic carbocycles. The van der Waals surface area contributed by atoms with Crippen LogP contribution in [0.15, 0.2) is 158 Å². The van der Waals surface area contributed by atoms with Crippen molar-refractivity contribution in [2.24, 2.45) is 23.7 Å². The average Bonchev–Trinajstić information content (AvgIpc) is 0.849. The fourth-order valence-corrected chi connectivity index (χ4v) is 13.5. The maximum absolute atomic E-state index is 12.7. The van der Waals surface area contributed by atoms with E-state index in [0.717, 1.165) is 101 Å². The Balaban J connectivity index is 0.000000372. The molecule has 0 aromatic heterocycles. The van der Waals surface area contributed by atoms with Crippen molar-refractivity contribution in [1.29, 1.82) is 0 Å². The lowest BCUT2D eigenvalue weighted by atomic mass is 9.82. The first-order valence-corrected chi connectivity index (χ1v) is 43.8. The lowest BCUT2D eigenvalue weighted by molar-refractivity contribution is -0.145. The van der Waals surface area contributed by atoms with Crippen molar-refractivity contribution in [2.45, 2.75) is 286 Å². The Morgan fingerprint density at radius 3 is 0.750 bits per heavy atom. The number of rotatable bonds is 50. The lowest BCUT2D eigenvalue weighted by Crippen LogP contribution is -2.30. The molecule has 0 saturated heterocycles. The van der Waals surface area contributed by atoms with E-state index in [-0.39, 0.29) is 62.3 Å². The molecular formula is C98H136O18. The van der Waals surface area contributed by atoms with Crippen LogP contribution in [0.1, 0.15) is 307 Å². The molecule has 0 unspecified atom stereocenters. The van der Waals surface area contributed by atoms with Crippen molar-refractivity contribution < 1.29 is 88.6 Å². The number of carbonyl (C=O) groups is 8. The second-order valence-electron chi connectivity index (χ2n) is 30.5. The lowest BCUT2D eigenvalue weighted by Gasteiger charge is -2.25. The molecule has 0 amide bonds. The van der Waals surface area contributed by atoms with E-state index in [4.69, 9.17) is 47.4 Å². The highest BCUT2D eigenvalue weighted by atomic mass is 16.6. The van der Waals surface area contributed by atoms with Crippen molar-refractivity contribution in [3.8, 4) is 46.0 Å². The first-order chi connectivity index (χ1) is 56.6. The summed E-state index contributed by atoms with van der Waals surface area (Å²) in [5.41, 5.74) is 3.41. The van der Waals surface area contributed by atoms with Crippen LogP contribution in [0.2, 0.25) is 0 Å². The zero-order valence-electron chi connectivity index (χ0n) is 70.4. The SMILES string of the molecule is CCCCCCCOC(=O)c1ccc(OC(=O)C2CCC(C(=O)Oc3ccc(C(=O)OCCCCCCC)cc3)CC2)cc1.CCCCCCCc1ccc(OC(=O)C2CCC(C(=O)Oc3ccc(CCCCCCC)cc3)CC2)cc1.CCCCCCOc1ccc(OC(=O)/C=C\C(=O)Oc2ccc(OCCCCCC)cc2)cc1.[HH].[HH]. The van der Waals surface area contributed by atoms with Gasteiger partial charge in [-0.3, -0.25) is 19.2 Å². The van der Waals surface area contributed by atoms with Crippen LogP contribution in [0.5, 0.6) is 46.0 Å². The number of carbonyl (C=O) groups excluding carboxylic acids is 8. The largest absolute Gasteiger partial charge is 0.494 e. The van der Waals surface area contributed by atoms with Crippen molar-refractivity contribution in [3.63, 3.8) is 0 Å². The summed E-state index contributed by atoms with van der Waals surface area (Å²) in [6, 6.07) is 42.2. The van der Waals surface area contributed by atoms with Crippen LogP contribution in [0, 0.1) is 23.7 Å². The third-order valence-corrected chi connectivity index (χ3v) is 20.8. The molecule has 0 radical (unpaired) electrons. The molecule has 0 heterocycles. The number of aryl methyl sites for hydroxylation is 2. The number of ether oxygens (including phenoxy) is 10. The van der Waals surface area contributed by atoms with E-state index in [2.05, 4.69) is 65.8 Å². The minimum absolute atomic E-state index is 0. The molecule has 0 atom stereocenters. The van der Waals surface area contributed by atoms with Gasteiger partial charge in [0, 0.05) is 15.0 Å². The molecule has 8 rings (SSSR count). The van der Waals surface area contributed by atoms with Gasteiger partial charge in [0.25, 0.3) is 0 Å². The van der Waals surface area contributed by atoms with Gasteiger partial charge in [0.15, 0.2) is 0 Å². The van der Waals surface area contributed by atoms with Crippen molar-refractivity contribution in [3.05, 3.63) is 180 Å². The Labute approximate surface area is 694 Å². The standard InChI is InChI=1S/C36H48O8.C34H48O4.C28H36O6.2H2/c1-3-5-7-9-11-25-41-33(37)27-17-21-31(22-18-27)43-35(39)29-13-15-30(16-14-29)36(40)44-32-23-19-28(20-24-32)34(38)42-26-12-10-8-6-4-2;1-3-5-7-9-11-13-27-15-23-31(24-16-27)37-33(35)29-19-21-30(22-20-29)34(36)38-32-25-17-28(18-26-32)14-12-10-8-6-4-2;1-3-5-7-9-21-31-23-11-15-25(16-12-23)33-27(29)19-20-28(30)34-26-17-13-24(14-18-26)32-22-10-8-6-4-2;;/h17-24,29-30H,3-16,25-26H2,1-2H3;15-18,23-26,29-30H,3-14,19-22H2,1-2H3;11-20H,3-10,21-22H2,1-2H3;2*1H/b;;20-19-;;. The fourth-order valence-electron chi connectivity index (χ4n) is 13.5. The summed E-state index contributed by atoms with van der Waals surface area (Å²) in [7, 11) is 0. The van der Waals surface area contributed by atoms with Gasteiger partial charge in [-0.1, -0.05) is 207 Å². The second kappa shape index (κ2) is 58.3. The quantitative estimate of drug-likeness (QED) is 0.0150. The van der Waals surface area contributed by atoms with Gasteiger partial charge in [-0.05, 0) is 235 Å². The summed E-state index contributed by atoms with van der Waals surface area (Å²) in [6.45, 7) is 15.3. The Morgan fingerprint density at radius 2 is 0.474 bits per heavy atom. The van der Waals surface area contributed by atoms with Gasteiger partial charge in [0.1, 0.15) is 46.0 Å². The Morgan fingerprint density at radius 1 is 0.259 bits per heavy atom. The first-order valence-electron chi connectivity index (χ1n) is 43.8. The molecule has 2 fully saturated rings. The average molecular weight is 1600 g/mol. The van der Waals surface area contributed by atoms with Crippen LogP contribution in [0.3, 0.4) is 0 Å². The Kier molecular flexibility index (Phi) is 47.9. The Hall–Kier alpha value is -9.58. The summed E-state index contributed by atoms with van der Waals surface area (Å²) in [5, 5.41) is 0. The molecule has 18 nitrogen and oxygen atoms in total. The van der Waals surface area contributed by atoms with Gasteiger partial charge < -0.3 is 47.4 Å². The van der Waals surface area contributed by atoms with Gasteiger partial charge in [0.2, 0.25) is 0 Å². The Bertz CT molecular complexity index is 3520. The first kappa shape index (κ1) is 95.3. The molecule has 2 aliphatic rings. The maximum atomic E-state index is 12.7. The monoisotopic (exact) mass is 1600 g/mol. The predicted molar refractivity (Wildman–Crippen MR) is 459 cm³/mol. The van der Waals surface area contributed by atoms with Gasteiger partial charge in [-0.15, -0.1) is 0 Å².